The van der Waals surface area contributed by atoms with E-state index in [-0.39, 0.29) is 5.60 Å². The summed E-state index contributed by atoms with van der Waals surface area (Å²) in [5.74, 6) is 0.658. The Kier molecular flexibility index (Phi) is 5.97. The number of allylic oxidation sites excluding steroid dienone is 4. The molecule has 0 fully saturated rings. The van der Waals surface area contributed by atoms with E-state index < -0.39 is 0 Å². The maximum absolute atomic E-state index is 5.70. The minimum Gasteiger partial charge on any atom is -0.376 e. The van der Waals surface area contributed by atoms with Gasteiger partial charge < -0.3 is 4.74 Å². The van der Waals surface area contributed by atoms with E-state index in [9.17, 15) is 0 Å². The van der Waals surface area contributed by atoms with Gasteiger partial charge in [0.1, 0.15) is 0 Å². The van der Waals surface area contributed by atoms with Gasteiger partial charge in [-0.25, -0.2) is 0 Å². The fourth-order valence-electron chi connectivity index (χ4n) is 2.05. The lowest BCUT2D eigenvalue weighted by atomic mass is 10.1. The maximum atomic E-state index is 5.70. The van der Waals surface area contributed by atoms with E-state index in [1.165, 1.54) is 37.7 Å². The predicted molar refractivity (Wildman–Crippen MR) is 75.2 cm³/mol. The number of unbranched alkanes of at least 4 members (excludes halogenated alkanes) is 3. The van der Waals surface area contributed by atoms with Crippen LogP contribution in [-0.4, -0.2) is 12.2 Å². The lowest BCUT2D eigenvalue weighted by molar-refractivity contribution is -0.00473. The second-order valence-corrected chi connectivity index (χ2v) is 6.08. The van der Waals surface area contributed by atoms with E-state index in [1.807, 2.05) is 0 Å². The summed E-state index contributed by atoms with van der Waals surface area (Å²) in [6.45, 7) is 9.50. The molecule has 0 aromatic heterocycles. The summed E-state index contributed by atoms with van der Waals surface area (Å²) in [7, 11) is 0. The van der Waals surface area contributed by atoms with Gasteiger partial charge >= 0.3 is 0 Å². The van der Waals surface area contributed by atoms with Gasteiger partial charge in [0.15, 0.2) is 0 Å². The molecule has 0 heterocycles. The van der Waals surface area contributed by atoms with Crippen LogP contribution >= 0.6 is 0 Å². The number of hydrogen-bond donors (Lipinski definition) is 0. The molecule has 0 saturated heterocycles. The summed E-state index contributed by atoms with van der Waals surface area (Å²) in [6.07, 6.45) is 13.3. The summed E-state index contributed by atoms with van der Waals surface area (Å²) in [4.78, 5) is 0. The van der Waals surface area contributed by atoms with Crippen molar-refractivity contribution in [2.24, 2.45) is 5.92 Å². The molecule has 0 saturated carbocycles. The summed E-state index contributed by atoms with van der Waals surface area (Å²) in [5, 5.41) is 0. The summed E-state index contributed by atoms with van der Waals surface area (Å²) in [5.41, 5.74) is 1.55. The molecule has 0 aromatic carbocycles. The van der Waals surface area contributed by atoms with Gasteiger partial charge in [-0.2, -0.15) is 0 Å². The van der Waals surface area contributed by atoms with Gasteiger partial charge in [-0.3, -0.25) is 0 Å². The van der Waals surface area contributed by atoms with Crippen LogP contribution in [0.3, 0.4) is 0 Å². The van der Waals surface area contributed by atoms with Crippen molar-refractivity contribution in [1.82, 2.24) is 0 Å². The molecular weight excluding hydrogens is 208 g/mol. The molecule has 17 heavy (non-hydrogen) atoms. The molecule has 1 rings (SSSR count). The van der Waals surface area contributed by atoms with Crippen molar-refractivity contribution in [3.05, 3.63) is 23.8 Å². The van der Waals surface area contributed by atoms with Gasteiger partial charge in [-0.1, -0.05) is 43.6 Å². The highest BCUT2D eigenvalue weighted by molar-refractivity contribution is 5.28. The van der Waals surface area contributed by atoms with Crippen LogP contribution in [0.5, 0.6) is 0 Å². The lowest BCUT2D eigenvalue weighted by Gasteiger charge is -2.19. The lowest BCUT2D eigenvalue weighted by Crippen LogP contribution is -2.19. The zero-order valence-corrected chi connectivity index (χ0v) is 12.0. The molecule has 0 radical (unpaired) electrons. The molecule has 1 atom stereocenters. The SMILES string of the molecule is CC1C=CC(CCCCCCOC(C)(C)C)=C1. The minimum absolute atomic E-state index is 0.0234. The number of rotatable bonds is 7. The monoisotopic (exact) mass is 236 g/mol. The third kappa shape index (κ3) is 7.38. The van der Waals surface area contributed by atoms with Crippen LogP contribution in [0.2, 0.25) is 0 Å². The molecule has 0 aromatic rings. The largest absolute Gasteiger partial charge is 0.376 e. The Morgan fingerprint density at radius 1 is 1.12 bits per heavy atom. The Balaban J connectivity index is 1.92. The Labute approximate surface area is 107 Å². The van der Waals surface area contributed by atoms with E-state index in [2.05, 4.69) is 45.9 Å². The van der Waals surface area contributed by atoms with Crippen LogP contribution < -0.4 is 0 Å². The zero-order valence-electron chi connectivity index (χ0n) is 12.0. The first-order valence-corrected chi connectivity index (χ1v) is 7.00. The second-order valence-electron chi connectivity index (χ2n) is 6.08. The van der Waals surface area contributed by atoms with Gasteiger partial charge in [-0.15, -0.1) is 0 Å². The van der Waals surface area contributed by atoms with E-state index in [0.29, 0.717) is 5.92 Å². The van der Waals surface area contributed by atoms with Crippen LogP contribution in [-0.2, 0) is 4.74 Å². The molecule has 1 aliphatic rings. The van der Waals surface area contributed by atoms with Crippen molar-refractivity contribution in [2.45, 2.75) is 65.4 Å². The van der Waals surface area contributed by atoms with Crippen LogP contribution in [0.15, 0.2) is 23.8 Å². The topological polar surface area (TPSA) is 9.23 Å². The van der Waals surface area contributed by atoms with Crippen LogP contribution in [0.4, 0.5) is 0 Å². The first kappa shape index (κ1) is 14.5. The van der Waals surface area contributed by atoms with Crippen LogP contribution in [0.25, 0.3) is 0 Å². The van der Waals surface area contributed by atoms with Gasteiger partial charge in [0, 0.05) is 6.61 Å². The molecule has 0 bridgehead atoms. The average Bonchev–Trinajstić information content (AvgIpc) is 2.61. The third-order valence-corrected chi connectivity index (χ3v) is 2.99. The summed E-state index contributed by atoms with van der Waals surface area (Å²) >= 11 is 0. The fourth-order valence-corrected chi connectivity index (χ4v) is 2.05. The smallest absolute Gasteiger partial charge is 0.0598 e. The average molecular weight is 236 g/mol. The highest BCUT2D eigenvalue weighted by Gasteiger charge is 2.08. The van der Waals surface area contributed by atoms with Gasteiger partial charge in [0.2, 0.25) is 0 Å². The van der Waals surface area contributed by atoms with Crippen molar-refractivity contribution >= 4 is 0 Å². The highest BCUT2D eigenvalue weighted by Crippen LogP contribution is 2.20. The van der Waals surface area contributed by atoms with Gasteiger partial charge in [0.05, 0.1) is 5.60 Å². The molecular formula is C16H28O. The summed E-state index contributed by atoms with van der Waals surface area (Å²) in [6, 6.07) is 0. The van der Waals surface area contributed by atoms with E-state index in [1.54, 1.807) is 0 Å². The molecule has 1 heteroatoms. The quantitative estimate of drug-likeness (QED) is 0.572. The Morgan fingerprint density at radius 3 is 2.41 bits per heavy atom. The first-order chi connectivity index (χ1) is 7.97. The minimum atomic E-state index is 0.0234. The van der Waals surface area contributed by atoms with E-state index in [0.717, 1.165) is 6.61 Å². The molecule has 0 spiro atoms. The molecule has 1 unspecified atom stereocenters. The Hall–Kier alpha value is -0.560. The molecule has 1 aliphatic carbocycles. The van der Waals surface area contributed by atoms with Crippen molar-refractivity contribution in [3.8, 4) is 0 Å². The predicted octanol–water partition coefficient (Wildman–Crippen LogP) is 4.88. The molecule has 1 nitrogen and oxygen atoms in total. The van der Waals surface area contributed by atoms with Crippen LogP contribution in [0.1, 0.15) is 59.8 Å². The molecule has 0 aliphatic heterocycles. The number of ether oxygens (including phenoxy) is 1. The Morgan fingerprint density at radius 2 is 1.82 bits per heavy atom. The van der Waals surface area contributed by atoms with Gasteiger partial charge in [0.25, 0.3) is 0 Å². The third-order valence-electron chi connectivity index (χ3n) is 2.99. The fraction of sp³-hybridized carbons (Fsp3) is 0.750. The van der Waals surface area contributed by atoms with E-state index >= 15 is 0 Å². The van der Waals surface area contributed by atoms with Crippen LogP contribution in [0, 0.1) is 5.92 Å². The van der Waals surface area contributed by atoms with Crippen molar-refractivity contribution < 1.29 is 4.74 Å². The molecule has 98 valence electrons. The maximum Gasteiger partial charge on any atom is 0.0598 e. The second kappa shape index (κ2) is 7.00. The zero-order chi connectivity index (χ0) is 12.7. The first-order valence-electron chi connectivity index (χ1n) is 7.00. The van der Waals surface area contributed by atoms with Crippen molar-refractivity contribution in [1.29, 1.82) is 0 Å². The number of hydrogen-bond acceptors (Lipinski definition) is 1. The van der Waals surface area contributed by atoms with Crippen molar-refractivity contribution in [3.63, 3.8) is 0 Å². The standard InChI is InChI=1S/C16H28O/c1-14-10-11-15(13-14)9-7-5-6-8-12-17-16(2,3)4/h10-11,13-14H,5-9,12H2,1-4H3. The Bertz CT molecular complexity index is 268. The normalized spacial score (nSPS) is 19.8. The molecule has 0 N–H and O–H groups in total. The highest BCUT2D eigenvalue weighted by atomic mass is 16.5. The summed E-state index contributed by atoms with van der Waals surface area (Å²) < 4.78 is 5.70. The van der Waals surface area contributed by atoms with Gasteiger partial charge in [-0.05, 0) is 46.0 Å². The van der Waals surface area contributed by atoms with E-state index in [4.69, 9.17) is 4.74 Å². The van der Waals surface area contributed by atoms with Crippen molar-refractivity contribution in [2.75, 3.05) is 6.61 Å². The molecule has 0 amide bonds.